The Labute approximate surface area is 106 Å². The highest BCUT2D eigenvalue weighted by molar-refractivity contribution is 9.08. The van der Waals surface area contributed by atoms with Crippen LogP contribution in [0, 0.1) is 0 Å². The van der Waals surface area contributed by atoms with Gasteiger partial charge in [0.15, 0.2) is 0 Å². The van der Waals surface area contributed by atoms with E-state index in [0.29, 0.717) is 6.04 Å². The zero-order chi connectivity index (χ0) is 11.4. The van der Waals surface area contributed by atoms with Gasteiger partial charge in [-0.2, -0.15) is 0 Å². The van der Waals surface area contributed by atoms with Crippen molar-refractivity contribution in [2.75, 3.05) is 11.4 Å². The Bertz CT molecular complexity index is 340. The van der Waals surface area contributed by atoms with Gasteiger partial charge in [0.25, 0.3) is 0 Å². The van der Waals surface area contributed by atoms with Gasteiger partial charge in [0.05, 0.1) is 0 Å². The predicted octanol–water partition coefficient (Wildman–Crippen LogP) is 3.75. The van der Waals surface area contributed by atoms with Crippen LogP contribution in [0.25, 0.3) is 0 Å². The third kappa shape index (κ3) is 2.40. The fraction of sp³-hybridized carbons (Fsp3) is 0.615. The van der Waals surface area contributed by atoms with E-state index >= 15 is 0 Å². The number of anilines is 1. The second-order valence-electron chi connectivity index (χ2n) is 4.37. The molecule has 3 heteroatoms. The Morgan fingerprint density at radius 3 is 3.12 bits per heavy atom. The molecular weight excluding hydrogens is 264 g/mol. The van der Waals surface area contributed by atoms with Crippen molar-refractivity contribution in [3.8, 4) is 0 Å². The molecule has 1 unspecified atom stereocenters. The van der Waals surface area contributed by atoms with Crippen LogP contribution in [0.2, 0.25) is 0 Å². The molecule has 1 aliphatic rings. The summed E-state index contributed by atoms with van der Waals surface area (Å²) in [5.74, 6) is 1.19. The normalized spacial score (nSPS) is 21.1. The summed E-state index contributed by atoms with van der Waals surface area (Å²) in [5, 5.41) is 0.892. The van der Waals surface area contributed by atoms with Crippen LogP contribution in [-0.2, 0) is 5.33 Å². The lowest BCUT2D eigenvalue weighted by Gasteiger charge is -2.37. The molecule has 16 heavy (non-hydrogen) atoms. The van der Waals surface area contributed by atoms with Crippen molar-refractivity contribution in [2.24, 2.45) is 0 Å². The van der Waals surface area contributed by atoms with Gasteiger partial charge in [0, 0.05) is 29.7 Å². The van der Waals surface area contributed by atoms with Crippen molar-refractivity contribution in [3.05, 3.63) is 23.9 Å². The summed E-state index contributed by atoms with van der Waals surface area (Å²) in [7, 11) is 0. The van der Waals surface area contributed by atoms with Crippen LogP contribution in [0.4, 0.5) is 5.82 Å². The maximum Gasteiger partial charge on any atom is 0.132 e. The Morgan fingerprint density at radius 2 is 2.38 bits per heavy atom. The molecule has 0 bridgehead atoms. The SMILES string of the molecule is CCC1CCCCN1c1ncccc1CBr. The second kappa shape index (κ2) is 5.67. The summed E-state index contributed by atoms with van der Waals surface area (Å²) in [6.45, 7) is 3.44. The van der Waals surface area contributed by atoms with E-state index < -0.39 is 0 Å². The van der Waals surface area contributed by atoms with Gasteiger partial charge in [-0.05, 0) is 31.7 Å². The van der Waals surface area contributed by atoms with Crippen molar-refractivity contribution < 1.29 is 0 Å². The van der Waals surface area contributed by atoms with Gasteiger partial charge in [0.2, 0.25) is 0 Å². The van der Waals surface area contributed by atoms with Crippen LogP contribution in [0.15, 0.2) is 18.3 Å². The van der Waals surface area contributed by atoms with Crippen molar-refractivity contribution in [3.63, 3.8) is 0 Å². The van der Waals surface area contributed by atoms with Gasteiger partial charge >= 0.3 is 0 Å². The maximum atomic E-state index is 4.57. The predicted molar refractivity (Wildman–Crippen MR) is 72.1 cm³/mol. The van der Waals surface area contributed by atoms with Crippen molar-refractivity contribution in [1.29, 1.82) is 0 Å². The van der Waals surface area contributed by atoms with Crippen molar-refractivity contribution >= 4 is 21.7 Å². The number of hydrogen-bond donors (Lipinski definition) is 0. The summed E-state index contributed by atoms with van der Waals surface area (Å²) >= 11 is 3.55. The van der Waals surface area contributed by atoms with Crippen LogP contribution in [-0.4, -0.2) is 17.6 Å². The highest BCUT2D eigenvalue weighted by Gasteiger charge is 2.23. The number of piperidine rings is 1. The molecule has 1 saturated heterocycles. The van der Waals surface area contributed by atoms with E-state index in [1.807, 2.05) is 12.3 Å². The molecule has 0 amide bonds. The highest BCUT2D eigenvalue weighted by atomic mass is 79.9. The van der Waals surface area contributed by atoms with E-state index in [9.17, 15) is 0 Å². The molecule has 1 fully saturated rings. The third-order valence-corrected chi connectivity index (χ3v) is 3.99. The number of alkyl halides is 1. The molecule has 0 N–H and O–H groups in total. The van der Waals surface area contributed by atoms with E-state index in [0.717, 1.165) is 11.9 Å². The smallest absolute Gasteiger partial charge is 0.132 e. The molecule has 0 aromatic carbocycles. The number of nitrogens with zero attached hydrogens (tertiary/aromatic N) is 2. The Kier molecular flexibility index (Phi) is 4.22. The zero-order valence-electron chi connectivity index (χ0n) is 9.82. The number of hydrogen-bond acceptors (Lipinski definition) is 2. The first-order chi connectivity index (χ1) is 7.86. The monoisotopic (exact) mass is 282 g/mol. The summed E-state index contributed by atoms with van der Waals surface area (Å²) in [4.78, 5) is 7.07. The molecule has 2 heterocycles. The fourth-order valence-corrected chi connectivity index (χ4v) is 2.93. The molecule has 0 spiro atoms. The molecule has 1 aromatic rings. The molecule has 2 nitrogen and oxygen atoms in total. The Hall–Kier alpha value is -0.570. The summed E-state index contributed by atoms with van der Waals surface area (Å²) in [6, 6.07) is 4.87. The van der Waals surface area contributed by atoms with Gasteiger partial charge in [0.1, 0.15) is 5.82 Å². The Balaban J connectivity index is 2.26. The van der Waals surface area contributed by atoms with Crippen molar-refractivity contribution in [2.45, 2.75) is 44.0 Å². The fourth-order valence-electron chi connectivity index (χ4n) is 2.50. The first-order valence-corrected chi connectivity index (χ1v) is 7.25. The average molecular weight is 283 g/mol. The molecular formula is C13H19BrN2. The van der Waals surface area contributed by atoms with Gasteiger partial charge in [-0.3, -0.25) is 0 Å². The largest absolute Gasteiger partial charge is 0.353 e. The lowest BCUT2D eigenvalue weighted by molar-refractivity contribution is 0.446. The van der Waals surface area contributed by atoms with Crippen LogP contribution in [0.5, 0.6) is 0 Å². The van der Waals surface area contributed by atoms with Gasteiger partial charge < -0.3 is 4.90 Å². The quantitative estimate of drug-likeness (QED) is 0.785. The van der Waals surface area contributed by atoms with Crippen LogP contribution >= 0.6 is 15.9 Å². The number of pyridine rings is 1. The number of rotatable bonds is 3. The third-order valence-electron chi connectivity index (χ3n) is 3.38. The molecule has 0 saturated carbocycles. The van der Waals surface area contributed by atoms with Gasteiger partial charge in [-0.1, -0.05) is 28.9 Å². The minimum Gasteiger partial charge on any atom is -0.353 e. The van der Waals surface area contributed by atoms with E-state index in [1.54, 1.807) is 0 Å². The lowest BCUT2D eigenvalue weighted by atomic mass is 9.99. The number of halogens is 1. The summed E-state index contributed by atoms with van der Waals surface area (Å²) < 4.78 is 0. The summed E-state index contributed by atoms with van der Waals surface area (Å²) in [6.07, 6.45) is 7.11. The molecule has 0 radical (unpaired) electrons. The molecule has 88 valence electrons. The maximum absolute atomic E-state index is 4.57. The van der Waals surface area contributed by atoms with E-state index in [2.05, 4.69) is 38.8 Å². The average Bonchev–Trinajstić information content (AvgIpc) is 2.38. The van der Waals surface area contributed by atoms with E-state index in [1.165, 1.54) is 37.1 Å². The zero-order valence-corrected chi connectivity index (χ0v) is 11.4. The highest BCUT2D eigenvalue weighted by Crippen LogP contribution is 2.28. The molecule has 2 rings (SSSR count). The van der Waals surface area contributed by atoms with E-state index in [4.69, 9.17) is 0 Å². The van der Waals surface area contributed by atoms with E-state index in [-0.39, 0.29) is 0 Å². The van der Waals surface area contributed by atoms with Gasteiger partial charge in [-0.15, -0.1) is 0 Å². The molecule has 1 aliphatic heterocycles. The number of aromatic nitrogens is 1. The van der Waals surface area contributed by atoms with Crippen molar-refractivity contribution in [1.82, 2.24) is 4.98 Å². The Morgan fingerprint density at radius 1 is 1.50 bits per heavy atom. The van der Waals surface area contributed by atoms with Crippen LogP contribution in [0.3, 0.4) is 0 Å². The minimum atomic E-state index is 0.682. The van der Waals surface area contributed by atoms with Crippen LogP contribution < -0.4 is 4.90 Å². The first kappa shape index (κ1) is 11.9. The standard InChI is InChI=1S/C13H19BrN2/c1-2-12-7-3-4-9-16(12)13-11(10-14)6-5-8-15-13/h5-6,8,12H,2-4,7,9-10H2,1H3. The molecule has 1 aromatic heterocycles. The topological polar surface area (TPSA) is 16.1 Å². The molecule has 1 atom stereocenters. The van der Waals surface area contributed by atoms with Crippen LogP contribution in [0.1, 0.15) is 38.2 Å². The summed E-state index contributed by atoms with van der Waals surface area (Å²) in [5.41, 5.74) is 1.31. The molecule has 0 aliphatic carbocycles. The lowest BCUT2D eigenvalue weighted by Crippen LogP contribution is -2.40. The second-order valence-corrected chi connectivity index (χ2v) is 4.93. The van der Waals surface area contributed by atoms with Gasteiger partial charge in [-0.25, -0.2) is 4.98 Å². The minimum absolute atomic E-state index is 0.682. The first-order valence-electron chi connectivity index (χ1n) is 6.13.